The molecule has 0 aliphatic rings. The fourth-order valence-corrected chi connectivity index (χ4v) is 5.10. The highest BCUT2D eigenvalue weighted by Crippen LogP contribution is 2.04. The van der Waals surface area contributed by atoms with E-state index < -0.39 is 0 Å². The zero-order valence-electron chi connectivity index (χ0n) is 7.08. The summed E-state index contributed by atoms with van der Waals surface area (Å²) in [6, 6.07) is 12.4. The van der Waals surface area contributed by atoms with Gasteiger partial charge in [-0.05, 0) is 23.6 Å². The molecule has 0 bridgehead atoms. The molecule has 2 rings (SSSR count). The van der Waals surface area contributed by atoms with E-state index in [1.54, 1.807) is 0 Å². The van der Waals surface area contributed by atoms with Crippen LogP contribution in [0.2, 0.25) is 5.02 Å². The van der Waals surface area contributed by atoms with E-state index >= 15 is 0 Å². The van der Waals surface area contributed by atoms with E-state index in [2.05, 4.69) is 29.6 Å². The van der Waals surface area contributed by atoms with Gasteiger partial charge in [-0.3, -0.25) is 0 Å². The van der Waals surface area contributed by atoms with Crippen LogP contribution in [0.4, 0.5) is 0 Å². The highest BCUT2D eigenvalue weighted by molar-refractivity contribution is 7.07. The van der Waals surface area contributed by atoms with Crippen molar-refractivity contribution in [2.24, 2.45) is 0 Å². The van der Waals surface area contributed by atoms with E-state index in [9.17, 15) is 0 Å². The first-order valence-electron chi connectivity index (χ1n) is 3.78. The van der Waals surface area contributed by atoms with Gasteiger partial charge in [0.05, 0.1) is 0 Å². The molecule has 1 aromatic heterocycles. The molecule has 0 aliphatic heterocycles. The fourth-order valence-electron chi connectivity index (χ4n) is 0.939. The standard InChI is InChI=1S/C10H7ClIS.ClH/c11-8-3-1-4-9(7-8)12-10-5-2-6-13-10;/h1-7H;1H/q+1;/p-1. The molecule has 0 N–H and O–H groups in total. The second-order valence-electron chi connectivity index (χ2n) is 2.45. The summed E-state index contributed by atoms with van der Waals surface area (Å²) in [7, 11) is 0. The third-order valence-corrected chi connectivity index (χ3v) is 5.83. The molecule has 0 radical (unpaired) electrons. The number of thiophene rings is 1. The number of halogens is 3. The van der Waals surface area contributed by atoms with Crippen LogP contribution >= 0.6 is 22.9 Å². The number of hydrogen-bond acceptors (Lipinski definition) is 1. The van der Waals surface area contributed by atoms with Crippen molar-refractivity contribution in [1.82, 2.24) is 0 Å². The second kappa shape index (κ2) is 5.95. The van der Waals surface area contributed by atoms with Gasteiger partial charge in [-0.15, -0.1) is 0 Å². The van der Waals surface area contributed by atoms with Crippen LogP contribution in [0.3, 0.4) is 0 Å². The van der Waals surface area contributed by atoms with Crippen LogP contribution < -0.4 is 33.6 Å². The van der Waals surface area contributed by atoms with Crippen molar-refractivity contribution in [2.45, 2.75) is 0 Å². The molecule has 0 unspecified atom stereocenters. The van der Waals surface area contributed by atoms with Crippen LogP contribution in [0, 0.1) is 6.45 Å². The molecule has 0 nitrogen and oxygen atoms in total. The molecule has 0 spiro atoms. The van der Waals surface area contributed by atoms with Gasteiger partial charge >= 0.3 is 21.2 Å². The molecule has 1 aromatic carbocycles. The Hall–Kier alpha value is 0.230. The van der Waals surface area contributed by atoms with Gasteiger partial charge in [0.15, 0.2) is 3.57 Å². The summed E-state index contributed by atoms with van der Waals surface area (Å²) >= 11 is 7.72. The zero-order valence-corrected chi connectivity index (χ0v) is 11.6. The Morgan fingerprint density at radius 2 is 2.00 bits per heavy atom. The lowest BCUT2D eigenvalue weighted by atomic mass is 10.4. The minimum Gasteiger partial charge on any atom is -1.00 e. The summed E-state index contributed by atoms with van der Waals surface area (Å²) in [5.41, 5.74) is 0. The molecule has 0 aliphatic carbocycles. The summed E-state index contributed by atoms with van der Waals surface area (Å²) < 4.78 is 2.87. The first kappa shape index (κ1) is 12.3. The lowest BCUT2D eigenvalue weighted by Gasteiger charge is -1.85. The Balaban J connectivity index is 0.000000980. The van der Waals surface area contributed by atoms with Crippen molar-refractivity contribution in [3.8, 4) is 0 Å². The van der Waals surface area contributed by atoms with E-state index in [0.29, 0.717) is 0 Å². The normalized spacial score (nSPS) is 9.50. The van der Waals surface area contributed by atoms with E-state index in [4.69, 9.17) is 11.6 Å². The summed E-state index contributed by atoms with van der Waals surface area (Å²) in [6.07, 6.45) is 0. The van der Waals surface area contributed by atoms with Crippen LogP contribution in [0.15, 0.2) is 41.8 Å². The molecule has 0 amide bonds. The van der Waals surface area contributed by atoms with Crippen molar-refractivity contribution in [3.05, 3.63) is 53.3 Å². The molecule has 4 heteroatoms. The molecule has 14 heavy (non-hydrogen) atoms. The van der Waals surface area contributed by atoms with Gasteiger partial charge in [-0.25, -0.2) is 0 Å². The van der Waals surface area contributed by atoms with Crippen molar-refractivity contribution in [1.29, 1.82) is 0 Å². The molecule has 2 aromatic rings. The predicted molar refractivity (Wildman–Crippen MR) is 53.2 cm³/mol. The van der Waals surface area contributed by atoms with E-state index in [1.165, 1.54) is 6.45 Å². The van der Waals surface area contributed by atoms with Crippen molar-refractivity contribution >= 4 is 22.9 Å². The maximum absolute atomic E-state index is 5.91. The monoisotopic (exact) mass is 356 g/mol. The highest BCUT2D eigenvalue weighted by atomic mass is 127. The molecular weight excluding hydrogens is 350 g/mol. The largest absolute Gasteiger partial charge is 1.00 e. The van der Waals surface area contributed by atoms with Gasteiger partial charge in [0.2, 0.25) is 2.88 Å². The molecular formula is C10H7Cl2IS. The maximum Gasteiger partial charge on any atom is 0.369 e. The Morgan fingerprint density at radius 1 is 1.14 bits per heavy atom. The Kier molecular flexibility index (Phi) is 5.23. The molecule has 0 fully saturated rings. The molecule has 0 saturated heterocycles. The molecule has 74 valence electrons. The van der Waals surface area contributed by atoms with Crippen LogP contribution in [0.25, 0.3) is 0 Å². The summed E-state index contributed by atoms with van der Waals surface area (Å²) in [6.45, 7) is 0. The van der Waals surface area contributed by atoms with Gasteiger partial charge < -0.3 is 12.4 Å². The van der Waals surface area contributed by atoms with E-state index in [-0.39, 0.29) is 33.6 Å². The van der Waals surface area contributed by atoms with Crippen molar-refractivity contribution in [2.75, 3.05) is 0 Å². The van der Waals surface area contributed by atoms with Crippen LogP contribution in [-0.4, -0.2) is 0 Å². The minimum atomic E-state index is -0.0164. The number of hydrogen-bond donors (Lipinski definition) is 0. The summed E-state index contributed by atoms with van der Waals surface area (Å²) in [5.74, 6) is 0. The number of rotatable bonds is 2. The quantitative estimate of drug-likeness (QED) is 0.523. The SMILES string of the molecule is Clc1cccc([I+]c2cccs2)c1.[Cl-]. The first-order valence-corrected chi connectivity index (χ1v) is 7.20. The van der Waals surface area contributed by atoms with Gasteiger partial charge in [0.25, 0.3) is 0 Å². The van der Waals surface area contributed by atoms with E-state index in [1.807, 2.05) is 23.5 Å². The third-order valence-electron chi connectivity index (χ3n) is 1.48. The number of benzene rings is 1. The van der Waals surface area contributed by atoms with E-state index in [0.717, 1.165) is 5.02 Å². The average Bonchev–Trinajstić information content (AvgIpc) is 2.57. The van der Waals surface area contributed by atoms with Crippen LogP contribution in [0.5, 0.6) is 0 Å². The molecule has 0 atom stereocenters. The maximum atomic E-state index is 5.91. The van der Waals surface area contributed by atoms with Crippen molar-refractivity contribution < 1.29 is 33.6 Å². The first-order chi connectivity index (χ1) is 6.34. The Labute approximate surface area is 109 Å². The van der Waals surface area contributed by atoms with Gasteiger partial charge in [-0.2, -0.15) is 0 Å². The Bertz CT molecular complexity index is 387. The Morgan fingerprint density at radius 3 is 2.64 bits per heavy atom. The van der Waals surface area contributed by atoms with Gasteiger partial charge in [0, 0.05) is 17.2 Å². The third kappa shape index (κ3) is 3.42. The molecule has 0 saturated carbocycles. The molecule has 1 heterocycles. The van der Waals surface area contributed by atoms with Crippen LogP contribution in [0.1, 0.15) is 0 Å². The highest BCUT2D eigenvalue weighted by Gasteiger charge is 2.15. The predicted octanol–water partition coefficient (Wildman–Crippen LogP) is -2.47. The average molecular weight is 357 g/mol. The zero-order chi connectivity index (χ0) is 9.10. The van der Waals surface area contributed by atoms with Crippen LogP contribution in [-0.2, 0) is 0 Å². The summed E-state index contributed by atoms with van der Waals surface area (Å²) in [4.78, 5) is 0. The smallest absolute Gasteiger partial charge is 0.369 e. The van der Waals surface area contributed by atoms with Gasteiger partial charge in [-0.1, -0.05) is 29.0 Å². The van der Waals surface area contributed by atoms with Gasteiger partial charge in [0.1, 0.15) is 0 Å². The topological polar surface area (TPSA) is 0 Å². The minimum absolute atomic E-state index is 0. The lowest BCUT2D eigenvalue weighted by molar-refractivity contribution is -0.591. The second-order valence-corrected chi connectivity index (χ2v) is 7.51. The van der Waals surface area contributed by atoms with Crippen molar-refractivity contribution in [3.63, 3.8) is 0 Å². The lowest BCUT2D eigenvalue weighted by Crippen LogP contribution is -3.61. The fraction of sp³-hybridized carbons (Fsp3) is 0. The summed E-state index contributed by atoms with van der Waals surface area (Å²) in [5, 5.41) is 2.97.